The third-order valence-electron chi connectivity index (χ3n) is 4.49. The predicted molar refractivity (Wildman–Crippen MR) is 96.8 cm³/mol. The molecule has 1 N–H and O–H groups in total. The molecule has 0 aliphatic carbocycles. The molecular formula is C19H22N4O2. The van der Waals surface area contributed by atoms with E-state index in [0.717, 1.165) is 43.3 Å². The Hall–Kier alpha value is -2.76. The maximum absolute atomic E-state index is 12.5. The predicted octanol–water partition coefficient (Wildman–Crippen LogP) is 2.84. The number of anilines is 2. The zero-order chi connectivity index (χ0) is 17.8. The summed E-state index contributed by atoms with van der Waals surface area (Å²) in [6.45, 7) is 5.01. The summed E-state index contributed by atoms with van der Waals surface area (Å²) in [6, 6.07) is 8.88. The fourth-order valence-electron chi connectivity index (χ4n) is 2.96. The third-order valence-corrected chi connectivity index (χ3v) is 4.49. The summed E-state index contributed by atoms with van der Waals surface area (Å²) in [5, 5.41) is 2.94. The molecule has 2 aromatic rings. The summed E-state index contributed by atoms with van der Waals surface area (Å²) in [5.41, 5.74) is 2.31. The zero-order valence-corrected chi connectivity index (χ0v) is 14.5. The third kappa shape index (κ3) is 4.21. The minimum Gasteiger partial charge on any atom is -0.341 e. The van der Waals surface area contributed by atoms with Crippen molar-refractivity contribution in [2.24, 2.45) is 5.92 Å². The Bertz CT molecular complexity index is 765. The fourth-order valence-corrected chi connectivity index (χ4v) is 2.96. The number of nitrogens with one attached hydrogen (secondary N) is 1. The lowest BCUT2D eigenvalue weighted by Crippen LogP contribution is -2.39. The van der Waals surface area contributed by atoms with E-state index in [9.17, 15) is 9.59 Å². The topological polar surface area (TPSA) is 75.2 Å². The SMILES string of the molecule is CC(=O)c1ccc(NC(=O)C2CCN(c3nccc(C)n3)CC2)cc1. The number of piperidine rings is 1. The van der Waals surface area contributed by atoms with Gasteiger partial charge in [0.1, 0.15) is 0 Å². The molecule has 6 heteroatoms. The summed E-state index contributed by atoms with van der Waals surface area (Å²) in [7, 11) is 0. The van der Waals surface area contributed by atoms with Crippen molar-refractivity contribution in [3.63, 3.8) is 0 Å². The van der Waals surface area contributed by atoms with Crippen LogP contribution in [-0.2, 0) is 4.79 Å². The van der Waals surface area contributed by atoms with Gasteiger partial charge in [-0.25, -0.2) is 9.97 Å². The summed E-state index contributed by atoms with van der Waals surface area (Å²) in [5.74, 6) is 0.760. The van der Waals surface area contributed by atoms with E-state index in [1.807, 2.05) is 13.0 Å². The quantitative estimate of drug-likeness (QED) is 0.868. The highest BCUT2D eigenvalue weighted by Crippen LogP contribution is 2.22. The molecule has 0 radical (unpaired) electrons. The molecular weight excluding hydrogens is 316 g/mol. The number of aromatic nitrogens is 2. The van der Waals surface area contributed by atoms with Crippen LogP contribution in [0.3, 0.4) is 0 Å². The molecule has 130 valence electrons. The van der Waals surface area contributed by atoms with Crippen LogP contribution < -0.4 is 10.2 Å². The number of Topliss-reactive ketones (excluding diaryl/α,β-unsaturated/α-hetero) is 1. The lowest BCUT2D eigenvalue weighted by atomic mass is 9.96. The number of hydrogen-bond acceptors (Lipinski definition) is 5. The molecule has 3 rings (SSSR count). The summed E-state index contributed by atoms with van der Waals surface area (Å²) in [4.78, 5) is 34.6. The van der Waals surface area contributed by atoms with E-state index in [1.54, 1.807) is 30.5 Å². The van der Waals surface area contributed by atoms with E-state index in [-0.39, 0.29) is 17.6 Å². The van der Waals surface area contributed by atoms with Gasteiger partial charge in [-0.15, -0.1) is 0 Å². The molecule has 1 aromatic heterocycles. The number of aryl methyl sites for hydroxylation is 1. The van der Waals surface area contributed by atoms with E-state index in [4.69, 9.17) is 0 Å². The molecule has 1 saturated heterocycles. The smallest absolute Gasteiger partial charge is 0.227 e. The molecule has 0 saturated carbocycles. The van der Waals surface area contributed by atoms with Gasteiger partial charge < -0.3 is 10.2 Å². The minimum absolute atomic E-state index is 0.0172. The van der Waals surface area contributed by atoms with Gasteiger partial charge in [0, 0.05) is 42.1 Å². The standard InChI is InChI=1S/C19H22N4O2/c1-13-7-10-20-19(21-13)23-11-8-16(9-12-23)18(25)22-17-5-3-15(4-6-17)14(2)24/h3-7,10,16H,8-9,11-12H2,1-2H3,(H,22,25). The van der Waals surface area contributed by atoms with Crippen molar-refractivity contribution in [2.75, 3.05) is 23.3 Å². The molecule has 1 amide bonds. The zero-order valence-electron chi connectivity index (χ0n) is 14.5. The van der Waals surface area contributed by atoms with Crippen molar-refractivity contribution in [3.05, 3.63) is 47.8 Å². The van der Waals surface area contributed by atoms with Crippen molar-refractivity contribution in [1.82, 2.24) is 9.97 Å². The minimum atomic E-state index is -0.0199. The Kier molecular flexibility index (Phi) is 5.07. The average molecular weight is 338 g/mol. The van der Waals surface area contributed by atoms with Gasteiger partial charge in [-0.2, -0.15) is 0 Å². The van der Waals surface area contributed by atoms with E-state index < -0.39 is 0 Å². The largest absolute Gasteiger partial charge is 0.341 e. The number of nitrogens with zero attached hydrogens (tertiary/aromatic N) is 3. The summed E-state index contributed by atoms with van der Waals surface area (Å²) >= 11 is 0. The van der Waals surface area contributed by atoms with Crippen LogP contribution in [0.25, 0.3) is 0 Å². The molecule has 1 fully saturated rings. The number of carbonyl (C=O) groups excluding carboxylic acids is 2. The van der Waals surface area contributed by atoms with Crippen LogP contribution in [0.5, 0.6) is 0 Å². The Morgan fingerprint density at radius 2 is 1.80 bits per heavy atom. The normalized spacial score (nSPS) is 15.0. The molecule has 0 bridgehead atoms. The van der Waals surface area contributed by atoms with Crippen LogP contribution in [-0.4, -0.2) is 34.7 Å². The van der Waals surface area contributed by atoms with Crippen molar-refractivity contribution in [3.8, 4) is 0 Å². The maximum atomic E-state index is 12.5. The average Bonchev–Trinajstić information content (AvgIpc) is 2.62. The second-order valence-corrected chi connectivity index (χ2v) is 6.38. The molecule has 6 nitrogen and oxygen atoms in total. The molecule has 0 unspecified atom stereocenters. The number of rotatable bonds is 4. The number of benzene rings is 1. The second kappa shape index (κ2) is 7.42. The van der Waals surface area contributed by atoms with Gasteiger partial charge in [0.05, 0.1) is 0 Å². The molecule has 1 aliphatic rings. The number of hydrogen-bond donors (Lipinski definition) is 1. The van der Waals surface area contributed by atoms with Crippen LogP contribution in [0.4, 0.5) is 11.6 Å². The highest BCUT2D eigenvalue weighted by atomic mass is 16.2. The maximum Gasteiger partial charge on any atom is 0.227 e. The van der Waals surface area contributed by atoms with Gasteiger partial charge in [0.25, 0.3) is 0 Å². The van der Waals surface area contributed by atoms with Crippen molar-refractivity contribution in [1.29, 1.82) is 0 Å². The van der Waals surface area contributed by atoms with E-state index in [2.05, 4.69) is 20.2 Å². The number of amides is 1. The van der Waals surface area contributed by atoms with Crippen molar-refractivity contribution < 1.29 is 9.59 Å². The molecule has 0 atom stereocenters. The van der Waals surface area contributed by atoms with Crippen LogP contribution in [0.1, 0.15) is 35.8 Å². The van der Waals surface area contributed by atoms with Crippen LogP contribution in [0.15, 0.2) is 36.5 Å². The van der Waals surface area contributed by atoms with Crippen LogP contribution >= 0.6 is 0 Å². The highest BCUT2D eigenvalue weighted by Gasteiger charge is 2.26. The Morgan fingerprint density at radius 1 is 1.12 bits per heavy atom. The first-order chi connectivity index (χ1) is 12.0. The van der Waals surface area contributed by atoms with Gasteiger partial charge >= 0.3 is 0 Å². The van der Waals surface area contributed by atoms with Crippen molar-refractivity contribution >= 4 is 23.3 Å². The fraction of sp³-hybridized carbons (Fsp3) is 0.368. The van der Waals surface area contributed by atoms with E-state index in [0.29, 0.717) is 5.56 Å². The molecule has 0 spiro atoms. The first kappa shape index (κ1) is 17.1. The number of ketones is 1. The van der Waals surface area contributed by atoms with E-state index in [1.165, 1.54) is 6.92 Å². The van der Waals surface area contributed by atoms with Crippen LogP contribution in [0.2, 0.25) is 0 Å². The highest BCUT2D eigenvalue weighted by molar-refractivity contribution is 5.96. The van der Waals surface area contributed by atoms with Crippen molar-refractivity contribution in [2.45, 2.75) is 26.7 Å². The van der Waals surface area contributed by atoms with E-state index >= 15 is 0 Å². The molecule has 2 heterocycles. The summed E-state index contributed by atoms with van der Waals surface area (Å²) < 4.78 is 0. The van der Waals surface area contributed by atoms with Gasteiger partial charge in [0.2, 0.25) is 11.9 Å². The molecule has 1 aliphatic heterocycles. The van der Waals surface area contributed by atoms with Gasteiger partial charge in [-0.05, 0) is 57.0 Å². The monoisotopic (exact) mass is 338 g/mol. The van der Waals surface area contributed by atoms with Gasteiger partial charge in [-0.3, -0.25) is 9.59 Å². The molecule has 25 heavy (non-hydrogen) atoms. The number of carbonyl (C=O) groups is 2. The first-order valence-corrected chi connectivity index (χ1v) is 8.49. The lowest BCUT2D eigenvalue weighted by Gasteiger charge is -2.31. The summed E-state index contributed by atoms with van der Waals surface area (Å²) in [6.07, 6.45) is 3.31. The first-order valence-electron chi connectivity index (χ1n) is 8.49. The molecule has 1 aromatic carbocycles. The van der Waals surface area contributed by atoms with Crippen LogP contribution in [0, 0.1) is 12.8 Å². The Balaban J connectivity index is 1.55. The Labute approximate surface area is 147 Å². The van der Waals surface area contributed by atoms with Gasteiger partial charge in [-0.1, -0.05) is 0 Å². The Morgan fingerprint density at radius 3 is 2.40 bits per heavy atom. The van der Waals surface area contributed by atoms with Gasteiger partial charge in [0.15, 0.2) is 5.78 Å². The second-order valence-electron chi connectivity index (χ2n) is 6.38. The lowest BCUT2D eigenvalue weighted by molar-refractivity contribution is -0.120.